The van der Waals surface area contributed by atoms with Gasteiger partial charge in [0.25, 0.3) is 5.91 Å². The number of piperidine rings is 1. The Hall–Kier alpha value is -2.84. The first-order chi connectivity index (χ1) is 17.3. The van der Waals surface area contributed by atoms with E-state index in [9.17, 15) is 14.0 Å². The Morgan fingerprint density at radius 3 is 2.22 bits per heavy atom. The van der Waals surface area contributed by atoms with Gasteiger partial charge in [0.2, 0.25) is 5.91 Å². The van der Waals surface area contributed by atoms with E-state index in [2.05, 4.69) is 11.9 Å². The first-order valence-corrected chi connectivity index (χ1v) is 12.7. The largest absolute Gasteiger partial charge is 0.493 e. The maximum Gasteiger partial charge on any atom is 0.260 e. The smallest absolute Gasteiger partial charge is 0.260 e. The van der Waals surface area contributed by atoms with Crippen LogP contribution in [-0.4, -0.2) is 86.0 Å². The number of likely N-dealkylation sites (N-methyl/N-ethyl adjacent to an activating group) is 1. The summed E-state index contributed by atoms with van der Waals surface area (Å²) in [6, 6.07) is 12.9. The number of halogens is 2. The Balaban J connectivity index is 1.37. The first-order valence-electron chi connectivity index (χ1n) is 12.3. The molecule has 0 radical (unpaired) electrons. The maximum absolute atomic E-state index is 13.4. The van der Waals surface area contributed by atoms with Crippen molar-refractivity contribution in [1.82, 2.24) is 14.7 Å². The van der Waals surface area contributed by atoms with E-state index in [4.69, 9.17) is 21.1 Å². The van der Waals surface area contributed by atoms with E-state index >= 15 is 0 Å². The highest BCUT2D eigenvalue weighted by molar-refractivity contribution is 6.30. The normalized spacial score (nSPS) is 18.1. The summed E-state index contributed by atoms with van der Waals surface area (Å²) < 4.78 is 25.0. The van der Waals surface area contributed by atoms with Gasteiger partial charge in [0.15, 0.2) is 6.61 Å². The van der Waals surface area contributed by atoms with E-state index in [1.54, 1.807) is 29.2 Å². The number of carbonyl (C=O) groups is 2. The van der Waals surface area contributed by atoms with E-state index < -0.39 is 5.82 Å². The Kier molecular flexibility index (Phi) is 8.69. The van der Waals surface area contributed by atoms with E-state index in [1.165, 1.54) is 12.1 Å². The van der Waals surface area contributed by atoms with Crippen molar-refractivity contribution in [1.29, 1.82) is 0 Å². The second kappa shape index (κ2) is 11.9. The monoisotopic (exact) mass is 517 g/mol. The second-order valence-electron chi connectivity index (χ2n) is 9.73. The maximum atomic E-state index is 13.4. The van der Waals surface area contributed by atoms with Crippen molar-refractivity contribution in [2.45, 2.75) is 19.3 Å². The number of nitrogens with zero attached hydrogens (tertiary/aromatic N) is 3. The molecule has 2 aromatic carbocycles. The molecule has 0 atom stereocenters. The van der Waals surface area contributed by atoms with Gasteiger partial charge in [-0.3, -0.25) is 9.59 Å². The summed E-state index contributed by atoms with van der Waals surface area (Å²) in [6.45, 7) is 4.43. The van der Waals surface area contributed by atoms with Gasteiger partial charge in [0.05, 0.1) is 6.61 Å². The van der Waals surface area contributed by atoms with Crippen LogP contribution < -0.4 is 9.47 Å². The summed E-state index contributed by atoms with van der Waals surface area (Å²) >= 11 is 6.00. The molecular formula is C27H33ClFN3O4. The zero-order valence-corrected chi connectivity index (χ0v) is 21.4. The fourth-order valence-electron chi connectivity index (χ4n) is 4.65. The summed E-state index contributed by atoms with van der Waals surface area (Å²) in [4.78, 5) is 31.9. The van der Waals surface area contributed by atoms with Gasteiger partial charge in [0.1, 0.15) is 17.3 Å². The van der Waals surface area contributed by atoms with Crippen LogP contribution in [0.4, 0.5) is 4.39 Å². The predicted octanol–water partition coefficient (Wildman–Crippen LogP) is 3.71. The summed E-state index contributed by atoms with van der Waals surface area (Å²) in [5, 5.41) is 0.634. The van der Waals surface area contributed by atoms with Crippen LogP contribution in [0.1, 0.15) is 19.3 Å². The van der Waals surface area contributed by atoms with E-state index in [-0.39, 0.29) is 23.8 Å². The van der Waals surface area contributed by atoms with Crippen LogP contribution in [0.2, 0.25) is 5.02 Å². The Morgan fingerprint density at radius 2 is 1.56 bits per heavy atom. The minimum absolute atomic E-state index is 0.136. The van der Waals surface area contributed by atoms with Gasteiger partial charge in [0, 0.05) is 62.2 Å². The Labute approximate surface area is 216 Å². The molecule has 2 amide bonds. The van der Waals surface area contributed by atoms with Crippen LogP contribution >= 0.6 is 11.6 Å². The Bertz CT molecular complexity index is 1040. The standard InChI is InChI=1S/C27H33ClFN3O4/c1-30-13-15-32(16-14-30)25(33)18-27(20-36-23-7-5-21(28)6-8-23)9-11-31(12-10-27)26(34)19-35-24-4-2-3-22(29)17-24/h2-8,17H,9-16,18-20H2,1H3. The van der Waals surface area contributed by atoms with Crippen LogP contribution in [0.5, 0.6) is 11.5 Å². The lowest BCUT2D eigenvalue weighted by molar-refractivity contribution is -0.140. The number of likely N-dealkylation sites (tertiary alicyclic amines) is 1. The van der Waals surface area contributed by atoms with E-state index in [0.717, 1.165) is 26.2 Å². The third kappa shape index (κ3) is 7.11. The first kappa shape index (κ1) is 26.2. The molecule has 2 aliphatic rings. The van der Waals surface area contributed by atoms with Crippen LogP contribution in [0, 0.1) is 11.2 Å². The van der Waals surface area contributed by atoms with Gasteiger partial charge in [-0.1, -0.05) is 17.7 Å². The number of amides is 2. The minimum atomic E-state index is -0.409. The molecule has 0 aromatic heterocycles. The lowest BCUT2D eigenvalue weighted by Gasteiger charge is -2.42. The zero-order valence-electron chi connectivity index (χ0n) is 20.6. The highest BCUT2D eigenvalue weighted by Gasteiger charge is 2.40. The van der Waals surface area contributed by atoms with E-state index in [1.807, 2.05) is 17.0 Å². The molecule has 0 unspecified atom stereocenters. The highest BCUT2D eigenvalue weighted by atomic mass is 35.5. The lowest BCUT2D eigenvalue weighted by atomic mass is 9.75. The number of carbonyl (C=O) groups excluding carboxylic acids is 2. The molecule has 0 spiro atoms. The van der Waals surface area contributed by atoms with Crippen LogP contribution in [0.25, 0.3) is 0 Å². The SMILES string of the molecule is CN1CCN(C(=O)CC2(COc3ccc(Cl)cc3)CCN(C(=O)COc3cccc(F)c3)CC2)CC1. The number of rotatable bonds is 8. The van der Waals surface area contributed by atoms with Crippen molar-refractivity contribution in [3.63, 3.8) is 0 Å². The minimum Gasteiger partial charge on any atom is -0.493 e. The van der Waals surface area contributed by atoms with Crippen molar-refractivity contribution >= 4 is 23.4 Å². The van der Waals surface area contributed by atoms with Crippen molar-refractivity contribution in [3.05, 3.63) is 59.4 Å². The highest BCUT2D eigenvalue weighted by Crippen LogP contribution is 2.37. The lowest BCUT2D eigenvalue weighted by Crippen LogP contribution is -2.51. The Morgan fingerprint density at radius 1 is 0.889 bits per heavy atom. The van der Waals surface area contributed by atoms with Crippen LogP contribution in [-0.2, 0) is 9.59 Å². The molecule has 194 valence electrons. The topological polar surface area (TPSA) is 62.3 Å². The zero-order chi connectivity index (χ0) is 25.5. The van der Waals surface area contributed by atoms with Gasteiger partial charge in [-0.05, 0) is 56.3 Å². The molecule has 7 nitrogen and oxygen atoms in total. The van der Waals surface area contributed by atoms with Gasteiger partial charge in [-0.15, -0.1) is 0 Å². The molecule has 0 saturated carbocycles. The average Bonchev–Trinajstić information content (AvgIpc) is 2.88. The van der Waals surface area contributed by atoms with Gasteiger partial charge < -0.3 is 24.2 Å². The van der Waals surface area contributed by atoms with Crippen molar-refractivity contribution in [2.75, 3.05) is 59.5 Å². The molecule has 36 heavy (non-hydrogen) atoms. The predicted molar refractivity (Wildman–Crippen MR) is 136 cm³/mol. The van der Waals surface area contributed by atoms with Crippen molar-refractivity contribution in [2.24, 2.45) is 5.41 Å². The van der Waals surface area contributed by atoms with E-state index in [0.29, 0.717) is 55.5 Å². The average molecular weight is 518 g/mol. The molecule has 2 heterocycles. The third-order valence-corrected chi connectivity index (χ3v) is 7.33. The van der Waals surface area contributed by atoms with Gasteiger partial charge in [-0.25, -0.2) is 4.39 Å². The number of piperazine rings is 1. The number of hydrogen-bond acceptors (Lipinski definition) is 5. The quantitative estimate of drug-likeness (QED) is 0.534. The van der Waals surface area contributed by atoms with Gasteiger partial charge in [-0.2, -0.15) is 0 Å². The number of benzene rings is 2. The molecular weight excluding hydrogens is 485 g/mol. The molecule has 0 aliphatic carbocycles. The summed E-state index contributed by atoms with van der Waals surface area (Å²) in [6.07, 6.45) is 1.67. The fraction of sp³-hybridized carbons (Fsp3) is 0.481. The molecule has 0 bridgehead atoms. The third-order valence-electron chi connectivity index (χ3n) is 7.08. The van der Waals surface area contributed by atoms with Crippen molar-refractivity contribution in [3.8, 4) is 11.5 Å². The second-order valence-corrected chi connectivity index (χ2v) is 10.2. The molecule has 4 rings (SSSR count). The molecule has 2 fully saturated rings. The number of hydrogen-bond donors (Lipinski definition) is 0. The summed E-state index contributed by atoms with van der Waals surface area (Å²) in [5.41, 5.74) is -0.375. The summed E-state index contributed by atoms with van der Waals surface area (Å²) in [7, 11) is 2.06. The summed E-state index contributed by atoms with van der Waals surface area (Å²) in [5.74, 6) is 0.596. The molecule has 2 saturated heterocycles. The van der Waals surface area contributed by atoms with Crippen LogP contribution in [0.3, 0.4) is 0 Å². The molecule has 2 aliphatic heterocycles. The van der Waals surface area contributed by atoms with Gasteiger partial charge >= 0.3 is 0 Å². The number of ether oxygens (including phenoxy) is 2. The van der Waals surface area contributed by atoms with Crippen LogP contribution in [0.15, 0.2) is 48.5 Å². The fourth-order valence-corrected chi connectivity index (χ4v) is 4.78. The van der Waals surface area contributed by atoms with Crippen molar-refractivity contribution < 1.29 is 23.5 Å². The molecule has 0 N–H and O–H groups in total. The molecule has 9 heteroatoms. The molecule has 2 aromatic rings.